The van der Waals surface area contributed by atoms with Crippen molar-refractivity contribution >= 4 is 27.7 Å². The van der Waals surface area contributed by atoms with Gasteiger partial charge in [0.15, 0.2) is 6.10 Å². The van der Waals surface area contributed by atoms with E-state index in [0.717, 1.165) is 6.07 Å². The minimum atomic E-state index is -1.77. The average Bonchev–Trinajstić information content (AvgIpc) is 2.26. The zero-order valence-corrected chi connectivity index (χ0v) is 10.4. The number of aliphatic hydroxyl groups is 1. The normalized spacial score (nSPS) is 14.1. The largest absolute Gasteiger partial charge is 0.479 e. The number of Topliss-reactive ketones (excluding diaryl/α,β-unsaturated/α-hetero) is 1. The van der Waals surface area contributed by atoms with Crippen LogP contribution in [0.5, 0.6) is 0 Å². The summed E-state index contributed by atoms with van der Waals surface area (Å²) in [5.74, 6) is -2.46. The molecule has 92 valence electrons. The Bertz CT molecular complexity index is 461. The number of carboxylic acids is 1. The number of hydrogen-bond donors (Lipinski definition) is 2. The summed E-state index contributed by atoms with van der Waals surface area (Å²) in [7, 11) is 0. The van der Waals surface area contributed by atoms with Gasteiger partial charge in [0.1, 0.15) is 16.4 Å². The maximum absolute atomic E-state index is 13.6. The highest BCUT2D eigenvalue weighted by atomic mass is 79.9. The van der Waals surface area contributed by atoms with E-state index < -0.39 is 22.7 Å². The Morgan fingerprint density at radius 1 is 1.41 bits per heavy atom. The van der Waals surface area contributed by atoms with Crippen LogP contribution in [0.15, 0.2) is 18.2 Å². The molecule has 0 aliphatic rings. The van der Waals surface area contributed by atoms with E-state index in [9.17, 15) is 19.1 Å². The molecule has 6 heteroatoms. The quantitative estimate of drug-likeness (QED) is 0.834. The van der Waals surface area contributed by atoms with Crippen LogP contribution in [0.25, 0.3) is 0 Å². The molecule has 2 unspecified atom stereocenters. The zero-order chi connectivity index (χ0) is 13.2. The van der Waals surface area contributed by atoms with Gasteiger partial charge in [-0.3, -0.25) is 4.79 Å². The molecule has 0 saturated carbocycles. The number of carbonyl (C=O) groups is 2. The second-order valence-corrected chi connectivity index (χ2v) is 4.41. The number of hydrogen-bond acceptors (Lipinski definition) is 3. The van der Waals surface area contributed by atoms with Crippen LogP contribution in [0.3, 0.4) is 0 Å². The van der Waals surface area contributed by atoms with Crippen LogP contribution in [0.4, 0.5) is 4.39 Å². The first-order chi connectivity index (χ1) is 7.84. The van der Waals surface area contributed by atoms with Crippen LogP contribution in [-0.2, 0) is 9.59 Å². The van der Waals surface area contributed by atoms with Crippen LogP contribution < -0.4 is 0 Å². The van der Waals surface area contributed by atoms with Crippen molar-refractivity contribution in [3.8, 4) is 0 Å². The van der Waals surface area contributed by atoms with Gasteiger partial charge in [-0.05, 0) is 18.6 Å². The van der Waals surface area contributed by atoms with E-state index in [1.54, 1.807) is 0 Å². The standard InChI is InChI=1S/C11H10BrFO4/c1-5(14)9(12)7-3-2-6(4-8(7)13)10(15)11(16)17/h2-4,9-10,15H,1H3,(H,16,17). The van der Waals surface area contributed by atoms with Crippen LogP contribution in [-0.4, -0.2) is 22.0 Å². The number of aliphatic carboxylic acids is 1. The number of ketones is 1. The van der Waals surface area contributed by atoms with Crippen molar-refractivity contribution < 1.29 is 24.2 Å². The van der Waals surface area contributed by atoms with Gasteiger partial charge in [0.05, 0.1) is 0 Å². The molecule has 1 aromatic carbocycles. The smallest absolute Gasteiger partial charge is 0.337 e. The van der Waals surface area contributed by atoms with E-state index in [-0.39, 0.29) is 16.9 Å². The fraction of sp³-hybridized carbons (Fsp3) is 0.273. The van der Waals surface area contributed by atoms with Crippen molar-refractivity contribution in [2.75, 3.05) is 0 Å². The molecule has 4 nitrogen and oxygen atoms in total. The lowest BCUT2D eigenvalue weighted by atomic mass is 10.0. The molecule has 1 rings (SSSR count). The summed E-state index contributed by atoms with van der Waals surface area (Å²) < 4.78 is 13.6. The third kappa shape index (κ3) is 3.10. The van der Waals surface area contributed by atoms with E-state index in [1.807, 2.05) is 0 Å². The van der Waals surface area contributed by atoms with Gasteiger partial charge >= 0.3 is 5.97 Å². The van der Waals surface area contributed by atoms with Gasteiger partial charge in [-0.25, -0.2) is 9.18 Å². The molecule has 0 fully saturated rings. The Hall–Kier alpha value is -1.27. The van der Waals surface area contributed by atoms with E-state index in [1.165, 1.54) is 19.1 Å². The summed E-state index contributed by atoms with van der Waals surface area (Å²) in [6.45, 7) is 1.30. The van der Waals surface area contributed by atoms with E-state index in [2.05, 4.69) is 15.9 Å². The van der Waals surface area contributed by atoms with Crippen molar-refractivity contribution in [1.29, 1.82) is 0 Å². The predicted octanol–water partition coefficient (Wildman–Crippen LogP) is 1.97. The van der Waals surface area contributed by atoms with Crippen molar-refractivity contribution in [3.05, 3.63) is 35.1 Å². The van der Waals surface area contributed by atoms with Crippen molar-refractivity contribution in [3.63, 3.8) is 0 Å². The van der Waals surface area contributed by atoms with E-state index >= 15 is 0 Å². The van der Waals surface area contributed by atoms with Gasteiger partial charge in [-0.2, -0.15) is 0 Å². The van der Waals surface area contributed by atoms with Gasteiger partial charge in [0.25, 0.3) is 0 Å². The number of rotatable bonds is 4. The first-order valence-electron chi connectivity index (χ1n) is 4.69. The molecule has 0 aliphatic heterocycles. The van der Waals surface area contributed by atoms with Crippen molar-refractivity contribution in [2.45, 2.75) is 17.9 Å². The molecular weight excluding hydrogens is 295 g/mol. The Labute approximate surface area is 105 Å². The summed E-state index contributed by atoms with van der Waals surface area (Å²) in [5, 5.41) is 17.8. The highest BCUT2D eigenvalue weighted by Crippen LogP contribution is 2.28. The monoisotopic (exact) mass is 304 g/mol. The highest BCUT2D eigenvalue weighted by Gasteiger charge is 2.21. The molecule has 0 amide bonds. The lowest BCUT2D eigenvalue weighted by molar-refractivity contribution is -0.147. The molecule has 0 radical (unpaired) electrons. The maximum atomic E-state index is 13.6. The topological polar surface area (TPSA) is 74.6 Å². The lowest BCUT2D eigenvalue weighted by Gasteiger charge is -2.11. The zero-order valence-electron chi connectivity index (χ0n) is 8.85. The number of carboxylic acid groups (broad SMARTS) is 1. The Morgan fingerprint density at radius 2 is 2.00 bits per heavy atom. The molecular formula is C11H10BrFO4. The number of benzene rings is 1. The average molecular weight is 305 g/mol. The molecule has 0 aromatic heterocycles. The summed E-state index contributed by atoms with van der Waals surface area (Å²) in [5.41, 5.74) is 0.0424. The van der Waals surface area contributed by atoms with Crippen LogP contribution in [0, 0.1) is 5.82 Å². The number of halogens is 2. The fourth-order valence-electron chi connectivity index (χ4n) is 1.28. The first kappa shape index (κ1) is 13.8. The summed E-state index contributed by atoms with van der Waals surface area (Å²) in [6, 6.07) is 3.46. The van der Waals surface area contributed by atoms with Crippen molar-refractivity contribution in [1.82, 2.24) is 0 Å². The minimum absolute atomic E-state index is 0.0676. The molecule has 1 aromatic rings. The number of carbonyl (C=O) groups excluding carboxylic acids is 1. The second kappa shape index (κ2) is 5.37. The SMILES string of the molecule is CC(=O)C(Br)c1ccc(C(O)C(=O)O)cc1F. The fourth-order valence-corrected chi connectivity index (χ4v) is 1.65. The number of aliphatic hydroxyl groups excluding tert-OH is 1. The summed E-state index contributed by atoms with van der Waals surface area (Å²) in [4.78, 5) is 20.8. The molecule has 0 bridgehead atoms. The highest BCUT2D eigenvalue weighted by molar-refractivity contribution is 9.09. The summed E-state index contributed by atoms with van der Waals surface area (Å²) >= 11 is 3.02. The van der Waals surface area contributed by atoms with Gasteiger partial charge in [0, 0.05) is 5.56 Å². The van der Waals surface area contributed by atoms with Gasteiger partial charge in [0.2, 0.25) is 0 Å². The molecule has 0 spiro atoms. The van der Waals surface area contributed by atoms with Crippen LogP contribution in [0.1, 0.15) is 29.0 Å². The molecule has 0 saturated heterocycles. The summed E-state index contributed by atoms with van der Waals surface area (Å²) in [6.07, 6.45) is -1.77. The van der Waals surface area contributed by atoms with E-state index in [0.29, 0.717) is 0 Å². The molecule has 2 atom stereocenters. The molecule has 0 aliphatic carbocycles. The third-order valence-corrected chi connectivity index (χ3v) is 3.34. The predicted molar refractivity (Wildman–Crippen MR) is 61.3 cm³/mol. The second-order valence-electron chi connectivity index (χ2n) is 3.49. The van der Waals surface area contributed by atoms with Crippen LogP contribution in [0.2, 0.25) is 0 Å². The Morgan fingerprint density at radius 3 is 2.41 bits per heavy atom. The van der Waals surface area contributed by atoms with Gasteiger partial charge in [-0.1, -0.05) is 28.1 Å². The minimum Gasteiger partial charge on any atom is -0.479 e. The van der Waals surface area contributed by atoms with Gasteiger partial charge < -0.3 is 10.2 Å². The molecule has 2 N–H and O–H groups in total. The maximum Gasteiger partial charge on any atom is 0.337 e. The third-order valence-electron chi connectivity index (χ3n) is 2.20. The Balaban J connectivity index is 3.10. The number of alkyl halides is 1. The van der Waals surface area contributed by atoms with Crippen molar-refractivity contribution in [2.24, 2.45) is 0 Å². The molecule has 0 heterocycles. The molecule has 17 heavy (non-hydrogen) atoms. The van der Waals surface area contributed by atoms with Gasteiger partial charge in [-0.15, -0.1) is 0 Å². The van der Waals surface area contributed by atoms with E-state index in [4.69, 9.17) is 5.11 Å². The lowest BCUT2D eigenvalue weighted by Crippen LogP contribution is -2.11. The van der Waals surface area contributed by atoms with Crippen LogP contribution >= 0.6 is 15.9 Å². The Kier molecular flexibility index (Phi) is 4.36. The first-order valence-corrected chi connectivity index (χ1v) is 5.61.